The SMILES string of the molecule is CCCN1c2ccc(/C=C3/SC(=Nc4ccccc4)N(Cc4ccco4)C3=O)cc2C(C)=CC1(C)C. The largest absolute Gasteiger partial charge is 0.467 e. The van der Waals surface area contributed by atoms with Gasteiger partial charge in [-0.15, -0.1) is 0 Å². The van der Waals surface area contributed by atoms with Gasteiger partial charge < -0.3 is 9.32 Å². The van der Waals surface area contributed by atoms with Crippen LogP contribution in [0.2, 0.25) is 0 Å². The molecule has 0 unspecified atom stereocenters. The third-order valence-corrected chi connectivity index (χ3v) is 7.52. The monoisotopic (exact) mass is 497 g/mol. The summed E-state index contributed by atoms with van der Waals surface area (Å²) < 4.78 is 5.53. The Morgan fingerprint density at radius 3 is 2.61 bits per heavy atom. The van der Waals surface area contributed by atoms with Crippen molar-refractivity contribution < 1.29 is 9.21 Å². The van der Waals surface area contributed by atoms with Gasteiger partial charge in [-0.2, -0.15) is 0 Å². The summed E-state index contributed by atoms with van der Waals surface area (Å²) in [6, 6.07) is 19.9. The van der Waals surface area contributed by atoms with Crippen molar-refractivity contribution in [1.82, 2.24) is 4.90 Å². The molecular weight excluding hydrogens is 466 g/mol. The Kier molecular flexibility index (Phi) is 6.63. The van der Waals surface area contributed by atoms with E-state index in [1.807, 2.05) is 48.5 Å². The highest BCUT2D eigenvalue weighted by Gasteiger charge is 2.35. The van der Waals surface area contributed by atoms with Crippen LogP contribution in [-0.4, -0.2) is 28.1 Å². The number of benzene rings is 2. The zero-order chi connectivity index (χ0) is 25.3. The van der Waals surface area contributed by atoms with E-state index in [4.69, 9.17) is 9.41 Å². The second-order valence-corrected chi connectivity index (χ2v) is 10.7. The number of amidine groups is 1. The lowest BCUT2D eigenvalue weighted by Gasteiger charge is -2.43. The molecule has 3 aromatic rings. The minimum absolute atomic E-state index is 0.0283. The number of para-hydroxylation sites is 1. The van der Waals surface area contributed by atoms with E-state index < -0.39 is 0 Å². The lowest BCUT2D eigenvalue weighted by atomic mass is 9.88. The van der Waals surface area contributed by atoms with Crippen molar-refractivity contribution in [3.8, 4) is 0 Å². The average molecular weight is 498 g/mol. The van der Waals surface area contributed by atoms with E-state index in [0.717, 1.165) is 30.0 Å². The normalized spacial score (nSPS) is 19.2. The Bertz CT molecular complexity index is 1350. The molecule has 6 heteroatoms. The van der Waals surface area contributed by atoms with Crippen molar-refractivity contribution in [2.45, 2.75) is 46.2 Å². The fraction of sp³-hybridized carbons (Fsp3) is 0.267. The Morgan fingerprint density at radius 1 is 1.08 bits per heavy atom. The predicted molar refractivity (Wildman–Crippen MR) is 150 cm³/mol. The molecule has 2 aromatic carbocycles. The third-order valence-electron chi connectivity index (χ3n) is 6.51. The molecule has 2 aliphatic rings. The van der Waals surface area contributed by atoms with Crippen LogP contribution in [0.15, 0.2) is 87.3 Å². The van der Waals surface area contributed by atoms with E-state index in [1.165, 1.54) is 28.6 Å². The Morgan fingerprint density at radius 2 is 1.89 bits per heavy atom. The second-order valence-electron chi connectivity index (χ2n) is 9.72. The molecule has 36 heavy (non-hydrogen) atoms. The van der Waals surface area contributed by atoms with Gasteiger partial charge in [0.25, 0.3) is 5.91 Å². The molecule has 0 bridgehead atoms. The molecule has 0 atom stereocenters. The third kappa shape index (κ3) is 4.78. The summed E-state index contributed by atoms with van der Waals surface area (Å²) in [4.78, 5) is 23.1. The number of hydrogen-bond donors (Lipinski definition) is 0. The van der Waals surface area contributed by atoms with E-state index in [1.54, 1.807) is 11.2 Å². The molecule has 0 saturated carbocycles. The minimum Gasteiger partial charge on any atom is -0.467 e. The zero-order valence-corrected chi connectivity index (χ0v) is 22.0. The summed E-state index contributed by atoms with van der Waals surface area (Å²) in [7, 11) is 0. The molecule has 0 aliphatic carbocycles. The van der Waals surface area contributed by atoms with Crippen LogP contribution < -0.4 is 4.90 Å². The first kappa shape index (κ1) is 24.2. The number of furan rings is 1. The highest BCUT2D eigenvalue weighted by Crippen LogP contribution is 2.41. The maximum atomic E-state index is 13.5. The van der Waals surface area contributed by atoms with Gasteiger partial charge in [0.05, 0.1) is 28.9 Å². The van der Waals surface area contributed by atoms with Crippen LogP contribution in [0.4, 0.5) is 11.4 Å². The van der Waals surface area contributed by atoms with Crippen LogP contribution >= 0.6 is 11.8 Å². The molecule has 3 heterocycles. The molecule has 0 spiro atoms. The topological polar surface area (TPSA) is 49.0 Å². The molecule has 184 valence electrons. The maximum Gasteiger partial charge on any atom is 0.267 e. The zero-order valence-electron chi connectivity index (χ0n) is 21.2. The highest BCUT2D eigenvalue weighted by atomic mass is 32.2. The number of carbonyl (C=O) groups is 1. The number of allylic oxidation sites excluding steroid dienone is 1. The predicted octanol–water partition coefficient (Wildman–Crippen LogP) is 7.50. The van der Waals surface area contributed by atoms with Crippen molar-refractivity contribution in [3.05, 3.63) is 94.8 Å². The first-order valence-corrected chi connectivity index (χ1v) is 13.2. The molecule has 0 radical (unpaired) electrons. The summed E-state index contributed by atoms with van der Waals surface area (Å²) in [5, 5.41) is 0.652. The van der Waals surface area contributed by atoms with Crippen molar-refractivity contribution >= 4 is 45.9 Å². The van der Waals surface area contributed by atoms with Crippen LogP contribution in [0, 0.1) is 0 Å². The molecule has 1 amide bonds. The standard InChI is InChI=1S/C30H31N3O2S/c1-5-15-33-26-14-13-22(17-25(26)21(2)19-30(33,3)4)18-27-28(34)32(20-24-12-9-16-35-24)29(36-27)31-23-10-7-6-8-11-23/h6-14,16-19H,5,15,20H2,1-4H3/b27-18+,31-29?. The average Bonchev–Trinajstić information content (AvgIpc) is 3.47. The summed E-state index contributed by atoms with van der Waals surface area (Å²) in [5.41, 5.74) is 5.52. The smallest absolute Gasteiger partial charge is 0.267 e. The molecule has 1 aromatic heterocycles. The molecule has 5 rings (SSSR count). The summed E-state index contributed by atoms with van der Waals surface area (Å²) >= 11 is 1.41. The highest BCUT2D eigenvalue weighted by molar-refractivity contribution is 8.18. The Hall–Kier alpha value is -3.51. The number of fused-ring (bicyclic) bond motifs is 1. The van der Waals surface area contributed by atoms with Gasteiger partial charge in [-0.05, 0) is 92.6 Å². The quantitative estimate of drug-likeness (QED) is 0.331. The van der Waals surface area contributed by atoms with E-state index in [2.05, 4.69) is 56.9 Å². The molecule has 1 fully saturated rings. The summed E-state index contributed by atoms with van der Waals surface area (Å²) in [6.45, 7) is 10.3. The first-order chi connectivity index (χ1) is 17.4. The van der Waals surface area contributed by atoms with Crippen LogP contribution in [0.5, 0.6) is 0 Å². The lowest BCUT2D eigenvalue weighted by molar-refractivity contribution is -0.122. The molecular formula is C30H31N3O2S. The Balaban J connectivity index is 1.50. The minimum atomic E-state index is -0.0650. The van der Waals surface area contributed by atoms with Gasteiger partial charge in [0.15, 0.2) is 5.17 Å². The first-order valence-electron chi connectivity index (χ1n) is 12.3. The van der Waals surface area contributed by atoms with Gasteiger partial charge in [-0.1, -0.05) is 37.3 Å². The van der Waals surface area contributed by atoms with E-state index >= 15 is 0 Å². The van der Waals surface area contributed by atoms with Gasteiger partial charge in [0, 0.05) is 17.8 Å². The molecule has 0 N–H and O–H groups in total. The fourth-order valence-electron chi connectivity index (χ4n) is 4.88. The van der Waals surface area contributed by atoms with E-state index in [-0.39, 0.29) is 11.4 Å². The van der Waals surface area contributed by atoms with Gasteiger partial charge in [0.1, 0.15) is 5.76 Å². The summed E-state index contributed by atoms with van der Waals surface area (Å²) in [6.07, 6.45) is 7.03. The number of aliphatic imine (C=N–C) groups is 1. The van der Waals surface area contributed by atoms with Crippen molar-refractivity contribution in [2.24, 2.45) is 4.99 Å². The van der Waals surface area contributed by atoms with Gasteiger partial charge in [-0.3, -0.25) is 9.69 Å². The van der Waals surface area contributed by atoms with Gasteiger partial charge in [-0.25, -0.2) is 4.99 Å². The van der Waals surface area contributed by atoms with E-state index in [9.17, 15) is 4.79 Å². The van der Waals surface area contributed by atoms with Crippen molar-refractivity contribution in [3.63, 3.8) is 0 Å². The van der Waals surface area contributed by atoms with E-state index in [0.29, 0.717) is 16.6 Å². The molecule has 5 nitrogen and oxygen atoms in total. The Labute approximate surface area is 217 Å². The number of anilines is 1. The number of rotatable bonds is 6. The molecule has 1 saturated heterocycles. The van der Waals surface area contributed by atoms with Crippen LogP contribution in [0.3, 0.4) is 0 Å². The maximum absolute atomic E-state index is 13.5. The number of thioether (sulfide) groups is 1. The summed E-state index contributed by atoms with van der Waals surface area (Å²) in [5.74, 6) is 0.656. The van der Waals surface area contributed by atoms with Crippen LogP contribution in [0.25, 0.3) is 11.6 Å². The van der Waals surface area contributed by atoms with Gasteiger partial charge in [0.2, 0.25) is 0 Å². The number of carbonyl (C=O) groups excluding carboxylic acids is 1. The lowest BCUT2D eigenvalue weighted by Crippen LogP contribution is -2.45. The van der Waals surface area contributed by atoms with Crippen LogP contribution in [-0.2, 0) is 11.3 Å². The van der Waals surface area contributed by atoms with Crippen molar-refractivity contribution in [1.29, 1.82) is 0 Å². The number of amides is 1. The van der Waals surface area contributed by atoms with Crippen molar-refractivity contribution in [2.75, 3.05) is 11.4 Å². The fourth-order valence-corrected chi connectivity index (χ4v) is 5.87. The van der Waals surface area contributed by atoms with Gasteiger partial charge >= 0.3 is 0 Å². The second kappa shape index (κ2) is 9.86. The van der Waals surface area contributed by atoms with Crippen LogP contribution in [0.1, 0.15) is 51.0 Å². The number of hydrogen-bond acceptors (Lipinski definition) is 5. The number of nitrogens with zero attached hydrogens (tertiary/aromatic N) is 3. The molecule has 2 aliphatic heterocycles.